The summed E-state index contributed by atoms with van der Waals surface area (Å²) < 4.78 is 13.4. The van der Waals surface area contributed by atoms with Crippen molar-refractivity contribution >= 4 is 11.8 Å². The van der Waals surface area contributed by atoms with E-state index in [1.54, 1.807) is 18.3 Å². The van der Waals surface area contributed by atoms with Crippen LogP contribution in [0.2, 0.25) is 0 Å². The third-order valence-corrected chi connectivity index (χ3v) is 4.89. The molecule has 0 radical (unpaired) electrons. The van der Waals surface area contributed by atoms with Gasteiger partial charge in [-0.25, -0.2) is 4.39 Å². The molecule has 1 fully saturated rings. The van der Waals surface area contributed by atoms with Gasteiger partial charge in [-0.2, -0.15) is 0 Å². The molecule has 1 aromatic heterocycles. The number of rotatable bonds is 5. The van der Waals surface area contributed by atoms with Crippen LogP contribution >= 0.6 is 0 Å². The summed E-state index contributed by atoms with van der Waals surface area (Å²) >= 11 is 0. The lowest BCUT2D eigenvalue weighted by atomic mass is 9.88. The van der Waals surface area contributed by atoms with E-state index >= 15 is 0 Å². The Balaban J connectivity index is 1.71. The predicted molar refractivity (Wildman–Crippen MR) is 100 cm³/mol. The largest absolute Gasteiger partial charge is 0.348 e. The molecule has 2 amide bonds. The van der Waals surface area contributed by atoms with Crippen LogP contribution in [0, 0.1) is 11.7 Å². The molecule has 142 valence electrons. The number of pyridine rings is 1. The number of benzene rings is 1. The molecule has 2 heterocycles. The lowest BCUT2D eigenvalue weighted by Crippen LogP contribution is -2.45. The molecule has 0 spiro atoms. The van der Waals surface area contributed by atoms with Crippen molar-refractivity contribution < 1.29 is 14.0 Å². The minimum atomic E-state index is -0.335. The highest BCUT2D eigenvalue weighted by molar-refractivity contribution is 5.79. The summed E-state index contributed by atoms with van der Waals surface area (Å²) in [7, 11) is 0. The van der Waals surface area contributed by atoms with Crippen LogP contribution in [-0.4, -0.2) is 34.8 Å². The second-order valence-corrected chi connectivity index (χ2v) is 6.98. The molecule has 1 aliphatic rings. The minimum absolute atomic E-state index is 0.0205. The highest BCUT2D eigenvalue weighted by Crippen LogP contribution is 2.29. The van der Waals surface area contributed by atoms with Crippen LogP contribution in [0.4, 0.5) is 4.39 Å². The van der Waals surface area contributed by atoms with E-state index in [0.29, 0.717) is 18.7 Å². The van der Waals surface area contributed by atoms with Gasteiger partial charge in [-0.15, -0.1) is 0 Å². The topological polar surface area (TPSA) is 62.3 Å². The summed E-state index contributed by atoms with van der Waals surface area (Å²) in [6.45, 7) is 2.72. The minimum Gasteiger partial charge on any atom is -0.348 e. The zero-order valence-corrected chi connectivity index (χ0v) is 15.4. The van der Waals surface area contributed by atoms with Gasteiger partial charge >= 0.3 is 0 Å². The number of likely N-dealkylation sites (tertiary alicyclic amines) is 1. The zero-order valence-electron chi connectivity index (χ0n) is 15.4. The third-order valence-electron chi connectivity index (χ3n) is 4.89. The Hall–Kier alpha value is -2.76. The summed E-state index contributed by atoms with van der Waals surface area (Å²) in [6.07, 6.45) is 3.66. The molecule has 1 aromatic carbocycles. The van der Waals surface area contributed by atoms with Crippen LogP contribution in [0.5, 0.6) is 0 Å². The Morgan fingerprint density at radius 2 is 2.15 bits per heavy atom. The van der Waals surface area contributed by atoms with E-state index in [4.69, 9.17) is 0 Å². The lowest BCUT2D eigenvalue weighted by Gasteiger charge is -2.37. The van der Waals surface area contributed by atoms with E-state index in [-0.39, 0.29) is 36.0 Å². The molecule has 2 atom stereocenters. The van der Waals surface area contributed by atoms with Crippen LogP contribution in [-0.2, 0) is 16.0 Å². The quantitative estimate of drug-likeness (QED) is 0.882. The van der Waals surface area contributed by atoms with Gasteiger partial charge in [0.15, 0.2) is 0 Å². The molecular formula is C21H24FN3O2. The Morgan fingerprint density at radius 3 is 2.85 bits per heavy atom. The Bertz CT molecular complexity index is 797. The van der Waals surface area contributed by atoms with E-state index < -0.39 is 0 Å². The third kappa shape index (κ3) is 5.12. The number of piperidine rings is 1. The van der Waals surface area contributed by atoms with E-state index in [1.165, 1.54) is 19.1 Å². The van der Waals surface area contributed by atoms with Crippen LogP contribution in [0.15, 0.2) is 48.7 Å². The number of carbonyl (C=O) groups excluding carboxylic acids is 2. The number of amides is 2. The number of aromatic nitrogens is 1. The Morgan fingerprint density at radius 1 is 1.30 bits per heavy atom. The van der Waals surface area contributed by atoms with Crippen molar-refractivity contribution in [3.8, 4) is 0 Å². The van der Waals surface area contributed by atoms with E-state index in [2.05, 4.69) is 10.3 Å². The maximum absolute atomic E-state index is 13.4. The summed E-state index contributed by atoms with van der Waals surface area (Å²) in [6, 6.07) is 11.5. The first-order valence-electron chi connectivity index (χ1n) is 9.23. The van der Waals surface area contributed by atoms with Crippen molar-refractivity contribution in [3.05, 3.63) is 65.7 Å². The van der Waals surface area contributed by atoms with Gasteiger partial charge in [0.1, 0.15) is 5.82 Å². The molecular weight excluding hydrogens is 345 g/mol. The number of halogens is 1. The molecule has 1 aliphatic heterocycles. The van der Waals surface area contributed by atoms with Gasteiger partial charge in [-0.1, -0.05) is 18.2 Å². The first-order valence-corrected chi connectivity index (χ1v) is 9.23. The maximum Gasteiger partial charge on any atom is 0.227 e. The molecule has 0 saturated carbocycles. The number of nitrogens with zero attached hydrogens (tertiary/aromatic N) is 2. The normalized spacial score (nSPS) is 18.0. The number of hydrogen-bond acceptors (Lipinski definition) is 3. The summed E-state index contributed by atoms with van der Waals surface area (Å²) in [5, 5.41) is 2.99. The summed E-state index contributed by atoms with van der Waals surface area (Å²) in [5.41, 5.74) is 1.47. The fraction of sp³-hybridized carbons (Fsp3) is 0.381. The van der Waals surface area contributed by atoms with Gasteiger partial charge < -0.3 is 10.2 Å². The average molecular weight is 369 g/mol. The van der Waals surface area contributed by atoms with Crippen molar-refractivity contribution in [2.75, 3.05) is 13.1 Å². The first-order chi connectivity index (χ1) is 13.0. The Kier molecular flexibility index (Phi) is 6.16. The zero-order chi connectivity index (χ0) is 19.2. The fourth-order valence-electron chi connectivity index (χ4n) is 3.65. The van der Waals surface area contributed by atoms with Crippen molar-refractivity contribution in [2.45, 2.75) is 32.2 Å². The van der Waals surface area contributed by atoms with Crippen molar-refractivity contribution in [3.63, 3.8) is 0 Å². The number of carbonyl (C=O) groups is 2. The molecule has 0 bridgehead atoms. The van der Waals surface area contributed by atoms with Gasteiger partial charge in [-0.05, 0) is 42.7 Å². The van der Waals surface area contributed by atoms with E-state index in [0.717, 1.165) is 18.5 Å². The van der Waals surface area contributed by atoms with Crippen molar-refractivity contribution in [2.24, 2.45) is 5.92 Å². The van der Waals surface area contributed by atoms with E-state index in [1.807, 2.05) is 23.1 Å². The smallest absolute Gasteiger partial charge is 0.227 e. The van der Waals surface area contributed by atoms with Crippen molar-refractivity contribution in [1.29, 1.82) is 0 Å². The maximum atomic E-state index is 13.4. The fourth-order valence-corrected chi connectivity index (χ4v) is 3.65. The summed E-state index contributed by atoms with van der Waals surface area (Å²) in [5.74, 6) is -0.381. The molecule has 2 aromatic rings. The van der Waals surface area contributed by atoms with Crippen LogP contribution in [0.1, 0.15) is 37.1 Å². The van der Waals surface area contributed by atoms with E-state index in [9.17, 15) is 14.0 Å². The van der Waals surface area contributed by atoms with Crippen molar-refractivity contribution in [1.82, 2.24) is 15.2 Å². The molecule has 0 unspecified atom stereocenters. The van der Waals surface area contributed by atoms with Gasteiger partial charge in [-0.3, -0.25) is 14.6 Å². The first kappa shape index (κ1) is 19.0. The molecule has 1 N–H and O–H groups in total. The highest BCUT2D eigenvalue weighted by Gasteiger charge is 2.31. The molecule has 27 heavy (non-hydrogen) atoms. The Labute approximate surface area is 158 Å². The molecule has 3 rings (SSSR count). The monoisotopic (exact) mass is 369 g/mol. The van der Waals surface area contributed by atoms with Gasteiger partial charge in [0.25, 0.3) is 0 Å². The van der Waals surface area contributed by atoms with Gasteiger partial charge in [0, 0.05) is 32.1 Å². The standard InChI is InChI=1S/C21H24FN3O2/c1-15(26)24-21(19-9-2-3-10-23-19)17-7-5-11-25(14-17)20(27)13-16-6-4-8-18(22)12-16/h2-4,6,8-10,12,17,21H,5,7,11,13-14H2,1H3,(H,24,26)/t17-,21-/m0/s1. The lowest BCUT2D eigenvalue weighted by molar-refractivity contribution is -0.132. The number of hydrogen-bond donors (Lipinski definition) is 1. The SMILES string of the molecule is CC(=O)N[C@H](c1ccccn1)[C@H]1CCCN(C(=O)Cc2cccc(F)c2)C1. The van der Waals surface area contributed by atoms with Gasteiger partial charge in [0.2, 0.25) is 11.8 Å². The molecule has 1 saturated heterocycles. The second-order valence-electron chi connectivity index (χ2n) is 6.98. The number of nitrogens with one attached hydrogen (secondary N) is 1. The average Bonchev–Trinajstić information content (AvgIpc) is 2.67. The van der Waals surface area contributed by atoms with Crippen LogP contribution in [0.3, 0.4) is 0 Å². The molecule has 6 heteroatoms. The molecule has 0 aliphatic carbocycles. The highest BCUT2D eigenvalue weighted by atomic mass is 19.1. The second kappa shape index (κ2) is 8.75. The van der Waals surface area contributed by atoms with Crippen LogP contribution < -0.4 is 5.32 Å². The molecule has 5 nitrogen and oxygen atoms in total. The predicted octanol–water partition coefficient (Wildman–Crippen LogP) is 2.88. The van der Waals surface area contributed by atoms with Gasteiger partial charge in [0.05, 0.1) is 18.2 Å². The summed E-state index contributed by atoms with van der Waals surface area (Å²) in [4.78, 5) is 30.6. The van der Waals surface area contributed by atoms with Crippen LogP contribution in [0.25, 0.3) is 0 Å².